The molecule has 1 heterocycles. The first-order valence-electron chi connectivity index (χ1n) is 12.2. The average molecular weight is 606 g/mol. The predicted octanol–water partition coefficient (Wildman–Crippen LogP) is 7.19. The number of aromatic nitrogens is 3. The van der Waals surface area contributed by atoms with Crippen molar-refractivity contribution < 1.29 is 14.4 Å². The van der Waals surface area contributed by atoms with Gasteiger partial charge in [0.2, 0.25) is 6.54 Å². The van der Waals surface area contributed by atoms with Gasteiger partial charge in [0, 0.05) is 10.6 Å². The molecule has 0 bridgehead atoms. The van der Waals surface area contributed by atoms with Crippen LogP contribution in [0.4, 0.5) is 0 Å². The topological polar surface area (TPSA) is 92.3 Å². The van der Waals surface area contributed by atoms with Gasteiger partial charge in [0.15, 0.2) is 16.7 Å². The van der Waals surface area contributed by atoms with Gasteiger partial charge in [-0.1, -0.05) is 72.4 Å². The van der Waals surface area contributed by atoms with Crippen molar-refractivity contribution in [1.82, 2.24) is 14.8 Å². The molecule has 0 aliphatic rings. The fourth-order valence-electron chi connectivity index (χ4n) is 4.40. The lowest BCUT2D eigenvalue weighted by molar-refractivity contribution is -0.479. The van der Waals surface area contributed by atoms with Crippen LogP contribution in [0.2, 0.25) is 0 Å². The average Bonchev–Trinajstić information content (AvgIpc) is 3.31. The summed E-state index contributed by atoms with van der Waals surface area (Å²) in [4.78, 5) is 11.4. The molecule has 0 unspecified atom stereocenters. The molecule has 0 fully saturated rings. The van der Waals surface area contributed by atoms with Crippen LogP contribution >= 0.6 is 27.7 Å². The lowest BCUT2D eigenvalue weighted by Gasteiger charge is -2.18. The largest absolute Gasteiger partial charge is 0.493 e. The van der Waals surface area contributed by atoms with Crippen LogP contribution in [0.5, 0.6) is 11.5 Å². The number of ether oxygens (including phenoxy) is 2. The quantitative estimate of drug-likeness (QED) is 0.0945. The second-order valence-corrected chi connectivity index (χ2v) is 10.8. The molecule has 39 heavy (non-hydrogen) atoms. The molecular formula is C29H25BrN4O4S. The third-order valence-corrected chi connectivity index (χ3v) is 8.02. The Labute approximate surface area is 238 Å². The van der Waals surface area contributed by atoms with Gasteiger partial charge in [-0.2, -0.15) is 0 Å². The second kappa shape index (κ2) is 11.9. The summed E-state index contributed by atoms with van der Waals surface area (Å²) in [5.41, 5.74) is 2.64. The van der Waals surface area contributed by atoms with Crippen molar-refractivity contribution in [2.75, 3.05) is 13.7 Å². The SMILES string of the molecule is COc1cc([C@H](C[N+](=O)[O-])Sc2nnc(C)n2-c2ccccc2)cc(Br)c1OCc1cccc2ccccc12. The fraction of sp³-hybridized carbons (Fsp3) is 0.172. The maximum atomic E-state index is 11.7. The van der Waals surface area contributed by atoms with E-state index in [1.165, 1.54) is 11.8 Å². The van der Waals surface area contributed by atoms with E-state index >= 15 is 0 Å². The Kier molecular flexibility index (Phi) is 8.13. The number of nitrogens with zero attached hydrogens (tertiary/aromatic N) is 4. The maximum absolute atomic E-state index is 11.7. The van der Waals surface area contributed by atoms with Gasteiger partial charge in [0.1, 0.15) is 17.7 Å². The summed E-state index contributed by atoms with van der Waals surface area (Å²) in [7, 11) is 1.56. The van der Waals surface area contributed by atoms with Gasteiger partial charge >= 0.3 is 0 Å². The van der Waals surface area contributed by atoms with Gasteiger partial charge in [-0.25, -0.2) is 0 Å². The van der Waals surface area contributed by atoms with Crippen LogP contribution in [0.1, 0.15) is 22.2 Å². The number of rotatable bonds is 10. The molecular weight excluding hydrogens is 580 g/mol. The zero-order chi connectivity index (χ0) is 27.4. The van der Waals surface area contributed by atoms with E-state index in [-0.39, 0.29) is 11.5 Å². The zero-order valence-electron chi connectivity index (χ0n) is 21.3. The van der Waals surface area contributed by atoms with Gasteiger partial charge in [0.05, 0.1) is 11.6 Å². The van der Waals surface area contributed by atoms with Crippen LogP contribution in [0.25, 0.3) is 16.5 Å². The molecule has 8 nitrogen and oxygen atoms in total. The summed E-state index contributed by atoms with van der Waals surface area (Å²) < 4.78 is 14.4. The van der Waals surface area contributed by atoms with Crippen LogP contribution in [0.3, 0.4) is 0 Å². The van der Waals surface area contributed by atoms with E-state index in [0.29, 0.717) is 39.1 Å². The number of fused-ring (bicyclic) bond motifs is 1. The van der Waals surface area contributed by atoms with E-state index in [9.17, 15) is 10.1 Å². The minimum atomic E-state index is -0.552. The minimum absolute atomic E-state index is 0.308. The van der Waals surface area contributed by atoms with Crippen molar-refractivity contribution in [1.29, 1.82) is 0 Å². The highest BCUT2D eigenvalue weighted by Gasteiger charge is 2.26. The van der Waals surface area contributed by atoms with E-state index in [1.807, 2.05) is 72.2 Å². The summed E-state index contributed by atoms with van der Waals surface area (Å²) in [5, 5.41) is 22.5. The van der Waals surface area contributed by atoms with Crippen molar-refractivity contribution in [2.24, 2.45) is 0 Å². The van der Waals surface area contributed by atoms with Crippen molar-refractivity contribution in [2.45, 2.75) is 23.9 Å². The van der Waals surface area contributed by atoms with Crippen LogP contribution < -0.4 is 9.47 Å². The lowest BCUT2D eigenvalue weighted by Crippen LogP contribution is -2.12. The molecule has 0 aliphatic heterocycles. The van der Waals surface area contributed by atoms with Gasteiger partial charge in [-0.05, 0) is 69.0 Å². The predicted molar refractivity (Wildman–Crippen MR) is 156 cm³/mol. The first kappa shape index (κ1) is 26.7. The van der Waals surface area contributed by atoms with E-state index in [1.54, 1.807) is 13.2 Å². The van der Waals surface area contributed by atoms with Crippen molar-refractivity contribution >= 4 is 38.5 Å². The molecule has 5 aromatic rings. The Hall–Kier alpha value is -3.89. The maximum Gasteiger partial charge on any atom is 0.220 e. The number of aryl methyl sites for hydroxylation is 1. The Morgan fingerprint density at radius 1 is 1.03 bits per heavy atom. The number of benzene rings is 4. The summed E-state index contributed by atoms with van der Waals surface area (Å²) in [6, 6.07) is 27.6. The highest BCUT2D eigenvalue weighted by atomic mass is 79.9. The van der Waals surface area contributed by atoms with E-state index < -0.39 is 5.25 Å². The summed E-state index contributed by atoms with van der Waals surface area (Å²) in [5.74, 6) is 1.70. The standard InChI is InChI=1S/C29H25BrN4O4S/c1-19-31-32-29(34(19)23-12-4-3-5-13-23)39-27(17-33(35)36)22-15-25(30)28(26(16-22)37-2)38-18-21-11-8-10-20-9-6-7-14-24(20)21/h3-16,27H,17-18H2,1-2H3/t27-/m0/s1. The van der Waals surface area contributed by atoms with Crippen LogP contribution in [-0.2, 0) is 6.61 Å². The second-order valence-electron chi connectivity index (χ2n) is 8.78. The first-order valence-corrected chi connectivity index (χ1v) is 13.8. The molecule has 0 saturated carbocycles. The Morgan fingerprint density at radius 2 is 1.77 bits per heavy atom. The smallest absolute Gasteiger partial charge is 0.220 e. The normalized spacial score (nSPS) is 11.9. The van der Waals surface area contributed by atoms with Gasteiger partial charge in [-0.3, -0.25) is 14.7 Å². The Balaban J connectivity index is 1.45. The van der Waals surface area contributed by atoms with Crippen molar-refractivity contribution in [3.63, 3.8) is 0 Å². The molecule has 4 aromatic carbocycles. The van der Waals surface area contributed by atoms with Gasteiger partial charge < -0.3 is 9.47 Å². The Morgan fingerprint density at radius 3 is 2.54 bits per heavy atom. The lowest BCUT2D eigenvalue weighted by atomic mass is 10.1. The number of halogens is 1. The first-order chi connectivity index (χ1) is 18.9. The molecule has 10 heteroatoms. The summed E-state index contributed by atoms with van der Waals surface area (Å²) >= 11 is 4.91. The van der Waals surface area contributed by atoms with Crippen LogP contribution in [-0.4, -0.2) is 33.3 Å². The molecule has 0 saturated heterocycles. The number of hydrogen-bond acceptors (Lipinski definition) is 7. The molecule has 0 spiro atoms. The van der Waals surface area contributed by atoms with Crippen LogP contribution in [0.15, 0.2) is 94.6 Å². The summed E-state index contributed by atoms with van der Waals surface area (Å²) in [6.45, 7) is 1.88. The molecule has 5 rings (SSSR count). The number of nitro groups is 1. The number of para-hydroxylation sites is 1. The fourth-order valence-corrected chi connectivity index (χ4v) is 6.13. The number of hydrogen-bond donors (Lipinski definition) is 0. The van der Waals surface area contributed by atoms with Crippen molar-refractivity contribution in [3.8, 4) is 17.2 Å². The van der Waals surface area contributed by atoms with Crippen LogP contribution in [0, 0.1) is 17.0 Å². The third-order valence-electron chi connectivity index (χ3n) is 6.25. The van der Waals surface area contributed by atoms with Gasteiger partial charge in [0.25, 0.3) is 0 Å². The van der Waals surface area contributed by atoms with E-state index in [2.05, 4.69) is 44.3 Å². The molecule has 1 aromatic heterocycles. The number of thioether (sulfide) groups is 1. The highest BCUT2D eigenvalue weighted by molar-refractivity contribution is 9.10. The van der Waals surface area contributed by atoms with Crippen molar-refractivity contribution in [3.05, 3.63) is 116 Å². The Bertz CT molecular complexity index is 1620. The minimum Gasteiger partial charge on any atom is -0.493 e. The van der Waals surface area contributed by atoms with E-state index in [4.69, 9.17) is 9.47 Å². The molecule has 0 N–H and O–H groups in total. The highest BCUT2D eigenvalue weighted by Crippen LogP contribution is 2.43. The number of methoxy groups -OCH3 is 1. The molecule has 0 radical (unpaired) electrons. The van der Waals surface area contributed by atoms with Gasteiger partial charge in [-0.15, -0.1) is 10.2 Å². The zero-order valence-corrected chi connectivity index (χ0v) is 23.7. The third kappa shape index (κ3) is 5.91. The molecule has 0 amide bonds. The molecule has 0 aliphatic carbocycles. The monoisotopic (exact) mass is 604 g/mol. The molecule has 198 valence electrons. The summed E-state index contributed by atoms with van der Waals surface area (Å²) in [6.07, 6.45) is 0. The van der Waals surface area contributed by atoms with E-state index in [0.717, 1.165) is 22.0 Å². The molecule has 1 atom stereocenters.